The maximum Gasteiger partial charge on any atom is 0.248 e. The SMILES string of the molecule is Nc1cccc(-c2nccc3[nH]c(=O)ccc23)c1. The molecular formula is C14H11N3O. The molecule has 18 heavy (non-hydrogen) atoms. The molecule has 4 heteroatoms. The van der Waals surface area contributed by atoms with E-state index in [-0.39, 0.29) is 5.56 Å². The Labute approximate surface area is 103 Å². The number of fused-ring (bicyclic) bond motifs is 1. The monoisotopic (exact) mass is 237 g/mol. The maximum absolute atomic E-state index is 11.3. The van der Waals surface area contributed by atoms with Gasteiger partial charge in [-0.2, -0.15) is 0 Å². The highest BCUT2D eigenvalue weighted by atomic mass is 16.1. The number of aromatic amines is 1. The molecule has 3 N–H and O–H groups in total. The second kappa shape index (κ2) is 4.00. The van der Waals surface area contributed by atoms with Gasteiger partial charge in [-0.25, -0.2) is 0 Å². The van der Waals surface area contributed by atoms with Gasteiger partial charge in [0.05, 0.1) is 11.2 Å². The number of aromatic nitrogens is 2. The lowest BCUT2D eigenvalue weighted by Crippen LogP contribution is -2.03. The van der Waals surface area contributed by atoms with E-state index in [4.69, 9.17) is 5.73 Å². The van der Waals surface area contributed by atoms with Gasteiger partial charge >= 0.3 is 0 Å². The summed E-state index contributed by atoms with van der Waals surface area (Å²) in [5.74, 6) is 0. The lowest BCUT2D eigenvalue weighted by Gasteiger charge is -2.05. The van der Waals surface area contributed by atoms with Gasteiger partial charge in [0.25, 0.3) is 0 Å². The van der Waals surface area contributed by atoms with Gasteiger partial charge in [-0.15, -0.1) is 0 Å². The molecule has 1 aromatic carbocycles. The van der Waals surface area contributed by atoms with Crippen LogP contribution in [0.5, 0.6) is 0 Å². The summed E-state index contributed by atoms with van der Waals surface area (Å²) in [6.45, 7) is 0. The molecular weight excluding hydrogens is 226 g/mol. The van der Waals surface area contributed by atoms with E-state index in [0.29, 0.717) is 5.69 Å². The van der Waals surface area contributed by atoms with Crippen molar-refractivity contribution in [3.05, 3.63) is 59.0 Å². The summed E-state index contributed by atoms with van der Waals surface area (Å²) < 4.78 is 0. The van der Waals surface area contributed by atoms with Crippen molar-refractivity contribution in [1.29, 1.82) is 0 Å². The Balaban J connectivity index is 2.33. The number of benzene rings is 1. The second-order valence-corrected chi connectivity index (χ2v) is 4.07. The Bertz CT molecular complexity index is 777. The Morgan fingerprint density at radius 2 is 2.00 bits per heavy atom. The summed E-state index contributed by atoms with van der Waals surface area (Å²) in [6, 6.07) is 12.6. The van der Waals surface area contributed by atoms with Gasteiger partial charge < -0.3 is 10.7 Å². The lowest BCUT2D eigenvalue weighted by molar-refractivity contribution is 1.28. The molecule has 3 aromatic rings. The van der Waals surface area contributed by atoms with Crippen molar-refractivity contribution < 1.29 is 0 Å². The van der Waals surface area contributed by atoms with Crippen LogP contribution in [0.1, 0.15) is 0 Å². The van der Waals surface area contributed by atoms with E-state index in [1.807, 2.05) is 24.3 Å². The summed E-state index contributed by atoms with van der Waals surface area (Å²) in [5, 5.41) is 0.905. The van der Waals surface area contributed by atoms with Crippen molar-refractivity contribution in [3.63, 3.8) is 0 Å². The third-order valence-corrected chi connectivity index (χ3v) is 2.81. The highest BCUT2D eigenvalue weighted by molar-refractivity contribution is 5.92. The zero-order valence-corrected chi connectivity index (χ0v) is 9.55. The fourth-order valence-corrected chi connectivity index (χ4v) is 2.00. The highest BCUT2D eigenvalue weighted by Gasteiger charge is 2.05. The number of hydrogen-bond acceptors (Lipinski definition) is 3. The molecule has 0 aliphatic carbocycles. The normalized spacial score (nSPS) is 10.7. The minimum absolute atomic E-state index is 0.118. The molecule has 2 heterocycles. The van der Waals surface area contributed by atoms with Crippen LogP contribution in [0.4, 0.5) is 5.69 Å². The molecule has 2 aromatic heterocycles. The lowest BCUT2D eigenvalue weighted by atomic mass is 10.1. The van der Waals surface area contributed by atoms with Crippen molar-refractivity contribution in [2.45, 2.75) is 0 Å². The Morgan fingerprint density at radius 3 is 2.83 bits per heavy atom. The molecule has 0 saturated carbocycles. The average Bonchev–Trinajstić information content (AvgIpc) is 2.37. The molecule has 0 amide bonds. The molecule has 4 nitrogen and oxygen atoms in total. The van der Waals surface area contributed by atoms with Gasteiger partial charge in [0, 0.05) is 28.9 Å². The minimum Gasteiger partial charge on any atom is -0.399 e. The first-order valence-electron chi connectivity index (χ1n) is 5.58. The fourth-order valence-electron chi connectivity index (χ4n) is 2.00. The molecule has 0 unspecified atom stereocenters. The van der Waals surface area contributed by atoms with Crippen LogP contribution in [-0.4, -0.2) is 9.97 Å². The molecule has 0 fully saturated rings. The largest absolute Gasteiger partial charge is 0.399 e. The van der Waals surface area contributed by atoms with E-state index in [2.05, 4.69) is 9.97 Å². The standard InChI is InChI=1S/C14H11N3O/c15-10-3-1-2-9(8-10)14-11-4-5-13(18)17-12(11)6-7-16-14/h1-8H,15H2,(H,17,18). The van der Waals surface area contributed by atoms with E-state index < -0.39 is 0 Å². The zero-order valence-electron chi connectivity index (χ0n) is 9.55. The molecule has 0 saturated heterocycles. The number of rotatable bonds is 1. The van der Waals surface area contributed by atoms with Crippen molar-refractivity contribution in [3.8, 4) is 11.3 Å². The molecule has 0 aliphatic heterocycles. The number of hydrogen-bond donors (Lipinski definition) is 2. The van der Waals surface area contributed by atoms with Crippen LogP contribution in [0.25, 0.3) is 22.2 Å². The number of pyridine rings is 2. The maximum atomic E-state index is 11.3. The first-order chi connectivity index (χ1) is 8.74. The molecule has 0 bridgehead atoms. The van der Waals surface area contributed by atoms with Crippen LogP contribution < -0.4 is 11.3 Å². The summed E-state index contributed by atoms with van der Waals surface area (Å²) in [6.07, 6.45) is 1.68. The Kier molecular flexibility index (Phi) is 2.34. The quantitative estimate of drug-likeness (QED) is 0.637. The molecule has 0 aliphatic rings. The summed E-state index contributed by atoms with van der Waals surface area (Å²) in [7, 11) is 0. The molecule has 0 radical (unpaired) electrons. The van der Waals surface area contributed by atoms with Crippen LogP contribution in [0, 0.1) is 0 Å². The van der Waals surface area contributed by atoms with Crippen LogP contribution in [0.2, 0.25) is 0 Å². The van der Waals surface area contributed by atoms with Crippen molar-refractivity contribution in [2.24, 2.45) is 0 Å². The Morgan fingerprint density at radius 1 is 1.11 bits per heavy atom. The molecule has 0 spiro atoms. The third kappa shape index (κ3) is 1.73. The van der Waals surface area contributed by atoms with Gasteiger partial charge in [-0.05, 0) is 24.3 Å². The summed E-state index contributed by atoms with van der Waals surface area (Å²) in [5.41, 5.74) is 8.88. The van der Waals surface area contributed by atoms with Gasteiger partial charge in [0.1, 0.15) is 0 Å². The number of anilines is 1. The second-order valence-electron chi connectivity index (χ2n) is 4.07. The smallest absolute Gasteiger partial charge is 0.248 e. The first-order valence-corrected chi connectivity index (χ1v) is 5.58. The summed E-state index contributed by atoms with van der Waals surface area (Å²) in [4.78, 5) is 18.4. The molecule has 88 valence electrons. The number of nitrogens with one attached hydrogen (secondary N) is 1. The van der Waals surface area contributed by atoms with Gasteiger partial charge in [0.2, 0.25) is 5.56 Å². The van der Waals surface area contributed by atoms with Crippen LogP contribution >= 0.6 is 0 Å². The number of H-pyrrole nitrogens is 1. The van der Waals surface area contributed by atoms with Gasteiger partial charge in [0.15, 0.2) is 0 Å². The van der Waals surface area contributed by atoms with E-state index in [1.165, 1.54) is 6.07 Å². The van der Waals surface area contributed by atoms with Gasteiger partial charge in [-0.1, -0.05) is 12.1 Å². The average molecular weight is 237 g/mol. The van der Waals surface area contributed by atoms with Crippen molar-refractivity contribution in [2.75, 3.05) is 5.73 Å². The van der Waals surface area contributed by atoms with Crippen LogP contribution in [-0.2, 0) is 0 Å². The predicted molar refractivity (Wildman–Crippen MR) is 72.2 cm³/mol. The first kappa shape index (κ1) is 10.5. The third-order valence-electron chi connectivity index (χ3n) is 2.81. The fraction of sp³-hybridized carbons (Fsp3) is 0. The van der Waals surface area contributed by atoms with Crippen LogP contribution in [0.3, 0.4) is 0 Å². The van der Waals surface area contributed by atoms with E-state index in [9.17, 15) is 4.79 Å². The van der Waals surface area contributed by atoms with Gasteiger partial charge in [-0.3, -0.25) is 9.78 Å². The number of nitrogens with zero attached hydrogens (tertiary/aromatic N) is 1. The molecule has 3 rings (SSSR count). The van der Waals surface area contributed by atoms with Crippen molar-refractivity contribution in [1.82, 2.24) is 9.97 Å². The van der Waals surface area contributed by atoms with E-state index in [0.717, 1.165) is 22.2 Å². The topological polar surface area (TPSA) is 71.8 Å². The zero-order chi connectivity index (χ0) is 12.5. The highest BCUT2D eigenvalue weighted by Crippen LogP contribution is 2.25. The van der Waals surface area contributed by atoms with Crippen LogP contribution in [0.15, 0.2) is 53.5 Å². The minimum atomic E-state index is -0.118. The molecule has 0 atom stereocenters. The number of nitrogens with two attached hydrogens (primary N) is 1. The number of nitrogen functional groups attached to an aromatic ring is 1. The Hall–Kier alpha value is -2.62. The van der Waals surface area contributed by atoms with E-state index >= 15 is 0 Å². The van der Waals surface area contributed by atoms with E-state index in [1.54, 1.807) is 18.3 Å². The summed E-state index contributed by atoms with van der Waals surface area (Å²) >= 11 is 0. The predicted octanol–water partition coefficient (Wildman–Crippen LogP) is 2.17. The van der Waals surface area contributed by atoms with Crippen molar-refractivity contribution >= 4 is 16.6 Å².